The van der Waals surface area contributed by atoms with E-state index < -0.39 is 0 Å². The molecule has 3 fully saturated rings. The van der Waals surface area contributed by atoms with Gasteiger partial charge in [0.25, 0.3) is 0 Å². The summed E-state index contributed by atoms with van der Waals surface area (Å²) >= 11 is 0. The maximum Gasteiger partial charge on any atom is 0.124 e. The summed E-state index contributed by atoms with van der Waals surface area (Å²) in [6, 6.07) is 0. The van der Waals surface area contributed by atoms with Gasteiger partial charge in [-0.3, -0.25) is 0 Å². The van der Waals surface area contributed by atoms with Gasteiger partial charge in [-0.2, -0.15) is 0 Å². The highest BCUT2D eigenvalue weighted by Gasteiger charge is 2.71. The summed E-state index contributed by atoms with van der Waals surface area (Å²) in [6.07, 6.45) is 3.03. The lowest BCUT2D eigenvalue weighted by atomic mass is 9.50. The molecule has 3 rings (SSSR count). The van der Waals surface area contributed by atoms with Gasteiger partial charge in [0.05, 0.1) is 0 Å². The quantitative estimate of drug-likeness (QED) is 0.606. The molecule has 2 heteroatoms. The minimum atomic E-state index is -0.0370. The molecule has 0 heterocycles. The van der Waals surface area contributed by atoms with Crippen LogP contribution < -0.4 is 0 Å². The van der Waals surface area contributed by atoms with E-state index in [1.807, 2.05) is 0 Å². The first-order valence-corrected chi connectivity index (χ1v) is 4.89. The van der Waals surface area contributed by atoms with Crippen LogP contribution in [0.2, 0.25) is 0 Å². The highest BCUT2D eigenvalue weighted by molar-refractivity contribution is 5.70. The molecule has 3 saturated carbocycles. The summed E-state index contributed by atoms with van der Waals surface area (Å²) in [6.45, 7) is 6.51. The zero-order valence-electron chi connectivity index (χ0n) is 8.41. The predicted molar refractivity (Wildman–Crippen MR) is 49.1 cm³/mol. The zero-order valence-corrected chi connectivity index (χ0v) is 8.41. The highest BCUT2D eigenvalue weighted by Crippen LogP contribution is 2.74. The van der Waals surface area contributed by atoms with Gasteiger partial charge in [-0.05, 0) is 23.2 Å². The van der Waals surface area contributed by atoms with Crippen LogP contribution >= 0.6 is 0 Å². The fraction of sp³-hybridized carbons (Fsp3) is 0.818. The highest BCUT2D eigenvalue weighted by atomic mass is 16.1. The van der Waals surface area contributed by atoms with Crippen molar-refractivity contribution in [3.63, 3.8) is 0 Å². The smallest absolute Gasteiger partial charge is 0.124 e. The Morgan fingerprint density at radius 1 is 1.15 bits per heavy atom. The average molecular weight is 180 g/mol. The lowest BCUT2D eigenvalue weighted by Gasteiger charge is -2.54. The molecule has 0 N–H and O–H groups in total. The summed E-state index contributed by atoms with van der Waals surface area (Å²) in [7, 11) is 0. The molecule has 4 atom stereocenters. The normalized spacial score (nSPS) is 51.2. The van der Waals surface area contributed by atoms with Gasteiger partial charge in [-0.1, -0.05) is 20.8 Å². The molecule has 2 bridgehead atoms. The van der Waals surface area contributed by atoms with Crippen LogP contribution in [0, 0.1) is 28.6 Å². The molecule has 0 aromatic rings. The molecular weight excluding hydrogens is 164 g/mol. The Hall–Kier alpha value is -0.660. The number of fused-ring (bicyclic) bond motifs is 1. The van der Waals surface area contributed by atoms with Crippen LogP contribution in [0.4, 0.5) is 0 Å². The first-order valence-electron chi connectivity index (χ1n) is 4.89. The van der Waals surface area contributed by atoms with E-state index in [2.05, 4.69) is 20.8 Å². The molecule has 0 saturated heterocycles. The van der Waals surface area contributed by atoms with Crippen molar-refractivity contribution >= 4 is 12.6 Å². The molecule has 3 aliphatic carbocycles. The molecule has 0 aliphatic heterocycles. The molecule has 0 spiro atoms. The SMILES string of the molecule is CC1(C)C2CC1(C)C(C=O)C2C=O. The first kappa shape index (κ1) is 8.92. The minimum Gasteiger partial charge on any atom is -0.303 e. The summed E-state index contributed by atoms with van der Waals surface area (Å²) < 4.78 is 0. The van der Waals surface area contributed by atoms with E-state index in [1.54, 1.807) is 0 Å². The van der Waals surface area contributed by atoms with Crippen LogP contribution in [-0.2, 0) is 9.59 Å². The van der Waals surface area contributed by atoms with Gasteiger partial charge >= 0.3 is 0 Å². The molecular formula is C11H16O2. The molecule has 0 radical (unpaired) electrons. The molecule has 13 heavy (non-hydrogen) atoms. The third-order valence-electron chi connectivity index (χ3n) is 4.96. The van der Waals surface area contributed by atoms with Gasteiger partial charge in [-0.15, -0.1) is 0 Å². The molecule has 0 aromatic carbocycles. The van der Waals surface area contributed by atoms with E-state index in [4.69, 9.17) is 0 Å². The van der Waals surface area contributed by atoms with Crippen molar-refractivity contribution in [2.45, 2.75) is 27.2 Å². The Labute approximate surface area is 78.7 Å². The van der Waals surface area contributed by atoms with Gasteiger partial charge in [0, 0.05) is 11.8 Å². The maximum absolute atomic E-state index is 10.9. The Kier molecular flexibility index (Phi) is 1.53. The molecule has 0 aromatic heterocycles. The van der Waals surface area contributed by atoms with Crippen molar-refractivity contribution in [2.24, 2.45) is 28.6 Å². The van der Waals surface area contributed by atoms with Crippen molar-refractivity contribution < 1.29 is 9.59 Å². The average Bonchev–Trinajstić information content (AvgIpc) is 2.48. The third kappa shape index (κ3) is 0.710. The summed E-state index contributed by atoms with van der Waals surface area (Å²) in [5.74, 6) is 0.382. The summed E-state index contributed by atoms with van der Waals surface area (Å²) in [4.78, 5) is 21.8. The van der Waals surface area contributed by atoms with Crippen LogP contribution in [0.5, 0.6) is 0 Å². The fourth-order valence-corrected chi connectivity index (χ4v) is 3.55. The first-order chi connectivity index (χ1) is 5.99. The van der Waals surface area contributed by atoms with Crippen LogP contribution in [0.15, 0.2) is 0 Å². The molecule has 72 valence electrons. The van der Waals surface area contributed by atoms with Gasteiger partial charge in [-0.25, -0.2) is 0 Å². The second-order valence-corrected chi connectivity index (χ2v) is 5.33. The van der Waals surface area contributed by atoms with Crippen LogP contribution in [-0.4, -0.2) is 12.6 Å². The van der Waals surface area contributed by atoms with E-state index in [1.165, 1.54) is 0 Å². The molecule has 4 unspecified atom stereocenters. The maximum atomic E-state index is 10.9. The van der Waals surface area contributed by atoms with Gasteiger partial charge in [0.1, 0.15) is 12.6 Å². The Bertz CT molecular complexity index is 269. The van der Waals surface area contributed by atoms with Crippen molar-refractivity contribution in [1.29, 1.82) is 0 Å². The van der Waals surface area contributed by atoms with Crippen molar-refractivity contribution in [1.82, 2.24) is 0 Å². The summed E-state index contributed by atoms with van der Waals surface area (Å²) in [5, 5.41) is 0. The Balaban J connectivity index is 2.41. The van der Waals surface area contributed by atoms with Crippen LogP contribution in [0.25, 0.3) is 0 Å². The van der Waals surface area contributed by atoms with Crippen molar-refractivity contribution in [3.05, 3.63) is 0 Å². The number of carbonyl (C=O) groups excluding carboxylic acids is 2. The lowest BCUT2D eigenvalue weighted by molar-refractivity contribution is -0.120. The van der Waals surface area contributed by atoms with Crippen LogP contribution in [0.1, 0.15) is 27.2 Å². The zero-order chi connectivity index (χ0) is 9.85. The number of hydrogen-bond acceptors (Lipinski definition) is 2. The van der Waals surface area contributed by atoms with Crippen LogP contribution in [0.3, 0.4) is 0 Å². The number of carbonyl (C=O) groups is 2. The minimum absolute atomic E-state index is 0.0162. The van der Waals surface area contributed by atoms with E-state index in [0.29, 0.717) is 5.92 Å². The van der Waals surface area contributed by atoms with Crippen molar-refractivity contribution in [3.8, 4) is 0 Å². The topological polar surface area (TPSA) is 34.1 Å². The monoisotopic (exact) mass is 180 g/mol. The number of aldehydes is 2. The number of hydrogen-bond donors (Lipinski definition) is 0. The third-order valence-corrected chi connectivity index (χ3v) is 4.96. The molecule has 0 amide bonds. The Morgan fingerprint density at radius 2 is 1.77 bits per heavy atom. The second kappa shape index (κ2) is 2.23. The van der Waals surface area contributed by atoms with Crippen molar-refractivity contribution in [2.75, 3.05) is 0 Å². The standard InChI is InChI=1S/C11H16O2/c1-10(2)8-4-11(10,3)9(6-13)7(8)5-12/h5-9H,4H2,1-3H3. The predicted octanol–water partition coefficient (Wildman–Crippen LogP) is 1.68. The second-order valence-electron chi connectivity index (χ2n) is 5.33. The van der Waals surface area contributed by atoms with Gasteiger partial charge in [0.2, 0.25) is 0 Å². The van der Waals surface area contributed by atoms with Gasteiger partial charge < -0.3 is 9.59 Å². The van der Waals surface area contributed by atoms with Gasteiger partial charge in [0.15, 0.2) is 0 Å². The summed E-state index contributed by atoms with van der Waals surface area (Å²) in [5.41, 5.74) is 0.245. The van der Waals surface area contributed by atoms with E-state index in [0.717, 1.165) is 19.0 Å². The largest absolute Gasteiger partial charge is 0.303 e. The molecule has 3 aliphatic rings. The van der Waals surface area contributed by atoms with E-state index >= 15 is 0 Å². The Morgan fingerprint density at radius 3 is 2.08 bits per heavy atom. The van der Waals surface area contributed by atoms with E-state index in [-0.39, 0.29) is 22.7 Å². The fourth-order valence-electron chi connectivity index (χ4n) is 3.55. The number of rotatable bonds is 2. The van der Waals surface area contributed by atoms with E-state index in [9.17, 15) is 9.59 Å². The molecule has 2 nitrogen and oxygen atoms in total. The lowest BCUT2D eigenvalue weighted by Crippen LogP contribution is -2.48.